The van der Waals surface area contributed by atoms with Crippen molar-refractivity contribution in [2.24, 2.45) is 5.92 Å². The Balaban J connectivity index is 1.91. The van der Waals surface area contributed by atoms with Gasteiger partial charge in [0.1, 0.15) is 0 Å². The number of ether oxygens (including phenoxy) is 1. The molecule has 0 radical (unpaired) electrons. The van der Waals surface area contributed by atoms with Crippen LogP contribution in [0, 0.1) is 5.92 Å². The SMILES string of the molecule is C=CC(=O)N1CC(C(=O)N2CCC=CC2COC)C1. The molecule has 0 N–H and O–H groups in total. The summed E-state index contributed by atoms with van der Waals surface area (Å²) in [6, 6.07) is 0.0235. The van der Waals surface area contributed by atoms with Gasteiger partial charge in [-0.3, -0.25) is 9.59 Å². The molecule has 0 aromatic rings. The van der Waals surface area contributed by atoms with E-state index in [4.69, 9.17) is 4.74 Å². The fourth-order valence-electron chi connectivity index (χ4n) is 2.50. The molecule has 0 bridgehead atoms. The first-order valence-corrected chi connectivity index (χ1v) is 6.54. The highest BCUT2D eigenvalue weighted by Crippen LogP contribution is 2.22. The molecule has 0 aliphatic carbocycles. The molecule has 1 fully saturated rings. The molecular formula is C14H20N2O3. The van der Waals surface area contributed by atoms with E-state index in [9.17, 15) is 9.59 Å². The van der Waals surface area contributed by atoms with E-state index >= 15 is 0 Å². The van der Waals surface area contributed by atoms with Gasteiger partial charge in [0, 0.05) is 26.7 Å². The molecule has 1 atom stereocenters. The van der Waals surface area contributed by atoms with Crippen molar-refractivity contribution in [3.8, 4) is 0 Å². The van der Waals surface area contributed by atoms with Crippen molar-refractivity contribution in [1.82, 2.24) is 9.80 Å². The van der Waals surface area contributed by atoms with E-state index < -0.39 is 0 Å². The van der Waals surface area contributed by atoms with Gasteiger partial charge in [0.15, 0.2) is 0 Å². The summed E-state index contributed by atoms with van der Waals surface area (Å²) in [7, 11) is 1.64. The Morgan fingerprint density at radius 2 is 2.21 bits per heavy atom. The lowest BCUT2D eigenvalue weighted by Gasteiger charge is -2.42. The summed E-state index contributed by atoms with van der Waals surface area (Å²) in [6.07, 6.45) is 6.28. The van der Waals surface area contributed by atoms with Gasteiger partial charge < -0.3 is 14.5 Å². The van der Waals surface area contributed by atoms with Crippen molar-refractivity contribution >= 4 is 11.8 Å². The highest BCUT2D eigenvalue weighted by atomic mass is 16.5. The molecule has 0 spiro atoms. The maximum absolute atomic E-state index is 12.4. The predicted molar refractivity (Wildman–Crippen MR) is 71.4 cm³/mol. The number of hydrogen-bond donors (Lipinski definition) is 0. The molecule has 2 aliphatic rings. The molecule has 1 saturated heterocycles. The first-order chi connectivity index (χ1) is 9.17. The van der Waals surface area contributed by atoms with Gasteiger partial charge in [-0.2, -0.15) is 0 Å². The molecule has 0 saturated carbocycles. The molecule has 104 valence electrons. The van der Waals surface area contributed by atoms with Crippen molar-refractivity contribution < 1.29 is 14.3 Å². The molecule has 0 aromatic carbocycles. The fraction of sp³-hybridized carbons (Fsp3) is 0.571. The lowest BCUT2D eigenvalue weighted by atomic mass is 9.96. The van der Waals surface area contributed by atoms with Gasteiger partial charge in [-0.05, 0) is 12.5 Å². The second-order valence-corrected chi connectivity index (χ2v) is 4.92. The second-order valence-electron chi connectivity index (χ2n) is 4.92. The molecule has 2 aliphatic heterocycles. The van der Waals surface area contributed by atoms with E-state index in [1.807, 2.05) is 11.0 Å². The zero-order valence-corrected chi connectivity index (χ0v) is 11.2. The predicted octanol–water partition coefficient (Wildman–Crippen LogP) is 0.434. The van der Waals surface area contributed by atoms with Crippen LogP contribution < -0.4 is 0 Å². The van der Waals surface area contributed by atoms with Crippen LogP contribution in [-0.2, 0) is 14.3 Å². The minimum absolute atomic E-state index is 0.0235. The quantitative estimate of drug-likeness (QED) is 0.546. The van der Waals surface area contributed by atoms with E-state index in [0.29, 0.717) is 19.7 Å². The average Bonchev–Trinajstić information content (AvgIpc) is 2.37. The first-order valence-electron chi connectivity index (χ1n) is 6.54. The fourth-order valence-corrected chi connectivity index (χ4v) is 2.50. The monoisotopic (exact) mass is 264 g/mol. The van der Waals surface area contributed by atoms with Crippen molar-refractivity contribution in [2.75, 3.05) is 33.4 Å². The van der Waals surface area contributed by atoms with E-state index in [1.54, 1.807) is 12.0 Å². The molecule has 19 heavy (non-hydrogen) atoms. The maximum Gasteiger partial charge on any atom is 0.246 e. The number of amides is 2. The van der Waals surface area contributed by atoms with Gasteiger partial charge >= 0.3 is 0 Å². The molecule has 2 rings (SSSR count). The number of methoxy groups -OCH3 is 1. The van der Waals surface area contributed by atoms with Crippen LogP contribution in [0.5, 0.6) is 0 Å². The van der Waals surface area contributed by atoms with Gasteiger partial charge in [0.05, 0.1) is 18.6 Å². The minimum atomic E-state index is -0.101. The Hall–Kier alpha value is -1.62. The zero-order chi connectivity index (χ0) is 13.8. The molecule has 5 nitrogen and oxygen atoms in total. The van der Waals surface area contributed by atoms with Crippen LogP contribution in [0.2, 0.25) is 0 Å². The summed E-state index contributed by atoms with van der Waals surface area (Å²) in [5.41, 5.74) is 0. The second kappa shape index (κ2) is 6.02. The smallest absolute Gasteiger partial charge is 0.246 e. The number of carbonyl (C=O) groups excluding carboxylic acids is 2. The minimum Gasteiger partial charge on any atom is -0.382 e. The third-order valence-electron chi connectivity index (χ3n) is 3.63. The first kappa shape index (κ1) is 13.8. The lowest BCUT2D eigenvalue weighted by Crippen LogP contribution is -2.58. The summed E-state index contributed by atoms with van der Waals surface area (Å²) in [6.45, 7) is 5.70. The maximum atomic E-state index is 12.4. The number of likely N-dealkylation sites (tertiary alicyclic amines) is 1. The Bertz CT molecular complexity index is 399. The van der Waals surface area contributed by atoms with Crippen LogP contribution in [0.4, 0.5) is 0 Å². The van der Waals surface area contributed by atoms with E-state index in [1.165, 1.54) is 6.08 Å². The molecule has 2 amide bonds. The van der Waals surface area contributed by atoms with Gasteiger partial charge in [-0.25, -0.2) is 0 Å². The average molecular weight is 264 g/mol. The van der Waals surface area contributed by atoms with E-state index in [0.717, 1.165) is 13.0 Å². The van der Waals surface area contributed by atoms with Gasteiger partial charge in [0.25, 0.3) is 0 Å². The molecular weight excluding hydrogens is 244 g/mol. The van der Waals surface area contributed by atoms with Gasteiger partial charge in [0.2, 0.25) is 11.8 Å². The summed E-state index contributed by atoms with van der Waals surface area (Å²) in [4.78, 5) is 27.3. The summed E-state index contributed by atoms with van der Waals surface area (Å²) in [5.74, 6) is -0.0506. The van der Waals surface area contributed by atoms with Gasteiger partial charge in [-0.1, -0.05) is 18.7 Å². The largest absolute Gasteiger partial charge is 0.382 e. The van der Waals surface area contributed by atoms with Crippen molar-refractivity contribution in [1.29, 1.82) is 0 Å². The third kappa shape index (κ3) is 2.87. The van der Waals surface area contributed by atoms with Crippen LogP contribution in [0.3, 0.4) is 0 Å². The Morgan fingerprint density at radius 1 is 1.47 bits per heavy atom. The Labute approximate surface area is 113 Å². The van der Waals surface area contributed by atoms with Crippen molar-refractivity contribution in [3.05, 3.63) is 24.8 Å². The normalized spacial score (nSPS) is 23.1. The number of carbonyl (C=O) groups is 2. The highest BCUT2D eigenvalue weighted by Gasteiger charge is 2.38. The Kier molecular flexibility index (Phi) is 4.37. The molecule has 0 aromatic heterocycles. The van der Waals surface area contributed by atoms with Gasteiger partial charge in [-0.15, -0.1) is 0 Å². The van der Waals surface area contributed by atoms with Crippen LogP contribution in [0.15, 0.2) is 24.8 Å². The standard InChI is InChI=1S/C14H20N2O3/c1-3-13(17)15-8-11(9-15)14(18)16-7-5-4-6-12(16)10-19-2/h3-4,6,11-12H,1,5,7-10H2,2H3. The topological polar surface area (TPSA) is 49.9 Å². The Morgan fingerprint density at radius 3 is 2.84 bits per heavy atom. The zero-order valence-electron chi connectivity index (χ0n) is 11.2. The third-order valence-corrected chi connectivity index (χ3v) is 3.63. The van der Waals surface area contributed by atoms with Crippen molar-refractivity contribution in [2.45, 2.75) is 12.5 Å². The summed E-state index contributed by atoms with van der Waals surface area (Å²) < 4.78 is 5.15. The van der Waals surface area contributed by atoms with E-state index in [-0.39, 0.29) is 23.8 Å². The van der Waals surface area contributed by atoms with Crippen LogP contribution in [0.1, 0.15) is 6.42 Å². The van der Waals surface area contributed by atoms with Crippen LogP contribution >= 0.6 is 0 Å². The summed E-state index contributed by atoms with van der Waals surface area (Å²) in [5, 5.41) is 0. The number of hydrogen-bond acceptors (Lipinski definition) is 3. The molecule has 5 heteroatoms. The highest BCUT2D eigenvalue weighted by molar-refractivity contribution is 5.90. The number of nitrogens with zero attached hydrogens (tertiary/aromatic N) is 2. The molecule has 2 heterocycles. The molecule has 1 unspecified atom stereocenters. The van der Waals surface area contributed by atoms with Crippen LogP contribution in [-0.4, -0.2) is 61.0 Å². The van der Waals surface area contributed by atoms with E-state index in [2.05, 4.69) is 12.7 Å². The van der Waals surface area contributed by atoms with Crippen molar-refractivity contribution in [3.63, 3.8) is 0 Å². The summed E-state index contributed by atoms with van der Waals surface area (Å²) >= 11 is 0. The lowest BCUT2D eigenvalue weighted by molar-refractivity contribution is -0.148. The number of rotatable bonds is 4. The van der Waals surface area contributed by atoms with Crippen LogP contribution in [0.25, 0.3) is 0 Å².